The molecule has 0 aromatic heterocycles. The van der Waals surface area contributed by atoms with Gasteiger partial charge in [0.25, 0.3) is 0 Å². The molecule has 0 amide bonds. The van der Waals surface area contributed by atoms with Crippen LogP contribution in [0.1, 0.15) is 39.5 Å². The molecule has 0 saturated carbocycles. The van der Waals surface area contributed by atoms with Gasteiger partial charge >= 0.3 is 0 Å². The second-order valence-electron chi connectivity index (χ2n) is 13.3. The normalized spacial score (nSPS) is 19.4. The molecule has 10 nitrogen and oxygen atoms in total. The maximum Gasteiger partial charge on any atom is 0.118 e. The van der Waals surface area contributed by atoms with Crippen LogP contribution in [-0.4, -0.2) is 64.6 Å². The van der Waals surface area contributed by atoms with Gasteiger partial charge in [-0.3, -0.25) is 0 Å². The number of rotatable bonds is 19. The summed E-state index contributed by atoms with van der Waals surface area (Å²) in [5.41, 5.74) is 5.14. The molecule has 1 aliphatic rings. The first-order valence-corrected chi connectivity index (χ1v) is 18.8. The molecular weight excluding hydrogens is 736 g/mol. The molecule has 5 aromatic carbocycles. The summed E-state index contributed by atoms with van der Waals surface area (Å²) in [4.78, 5) is 0. The molecular formula is C45H49ClO10. The number of aliphatic hydroxyl groups excluding tert-OH is 1. The maximum atomic E-state index is 10.2. The topological polar surface area (TPSA) is 103 Å². The molecule has 1 N–H and O–H groups in total. The first-order valence-electron chi connectivity index (χ1n) is 18.4. The Morgan fingerprint density at radius 2 is 0.929 bits per heavy atom. The van der Waals surface area contributed by atoms with Gasteiger partial charge in [0.15, 0.2) is 0 Å². The van der Waals surface area contributed by atoms with Crippen molar-refractivity contribution in [1.82, 2.24) is 0 Å². The summed E-state index contributed by atoms with van der Waals surface area (Å²) in [6.45, 7) is 1.06. The van der Waals surface area contributed by atoms with E-state index in [2.05, 4.69) is 0 Å². The second-order valence-corrected chi connectivity index (χ2v) is 13.7. The molecule has 5 aromatic rings. The van der Waals surface area contributed by atoms with Gasteiger partial charge in [-0.15, -0.1) is 0 Å². The maximum absolute atomic E-state index is 10.2. The molecule has 1 aliphatic heterocycles. The Morgan fingerprint density at radius 3 is 1.36 bits per heavy atom. The third-order valence-electron chi connectivity index (χ3n) is 9.72. The van der Waals surface area contributed by atoms with Crippen molar-refractivity contribution in [1.29, 1.82) is 0 Å². The van der Waals surface area contributed by atoms with Gasteiger partial charge in [-0.05, 0) is 94.0 Å². The number of aliphatic hydroxyl groups is 1. The molecule has 0 aliphatic carbocycles. The van der Waals surface area contributed by atoms with Crippen molar-refractivity contribution in [2.75, 3.05) is 35.0 Å². The standard InChI is InChI=1S/C45H49ClO10/c1-48-36-14-5-30(6-15-36)25-52-29-41-43(53-26-31-7-16-37(49-2)17-8-31)45(55-28-33-11-20-39(51-4)21-12-33)44(54-27-32-9-18-38(50-3)19-10-32)42(56-41)34-13-22-40(46)35(23-34)24-47/h5-23,41-45,47H,24-29H2,1-4H3/t41?,42-,43+,44+,45-/m0/s1. The highest BCUT2D eigenvalue weighted by molar-refractivity contribution is 6.31. The van der Waals surface area contributed by atoms with Gasteiger partial charge in [0.1, 0.15) is 53.5 Å². The number of benzene rings is 5. The van der Waals surface area contributed by atoms with Gasteiger partial charge in [0.05, 0.1) is 68.1 Å². The number of hydrogen-bond donors (Lipinski definition) is 1. The predicted octanol–water partition coefficient (Wildman–Crippen LogP) is 8.28. The van der Waals surface area contributed by atoms with Crippen LogP contribution in [0.25, 0.3) is 0 Å². The van der Waals surface area contributed by atoms with Gasteiger partial charge in [-0.1, -0.05) is 66.2 Å². The van der Waals surface area contributed by atoms with E-state index in [-0.39, 0.29) is 33.0 Å². The van der Waals surface area contributed by atoms with Crippen LogP contribution < -0.4 is 18.9 Å². The third kappa shape index (κ3) is 10.8. The number of methoxy groups -OCH3 is 4. The Kier molecular flexibility index (Phi) is 15.0. The molecule has 296 valence electrons. The minimum atomic E-state index is -0.679. The Hall–Kier alpha value is -4.65. The van der Waals surface area contributed by atoms with E-state index in [0.717, 1.165) is 50.8 Å². The third-order valence-corrected chi connectivity index (χ3v) is 10.1. The van der Waals surface area contributed by atoms with Crippen LogP contribution in [-0.2, 0) is 56.7 Å². The van der Waals surface area contributed by atoms with Crippen molar-refractivity contribution in [2.24, 2.45) is 0 Å². The van der Waals surface area contributed by atoms with Gasteiger partial charge in [0, 0.05) is 5.02 Å². The van der Waals surface area contributed by atoms with Crippen LogP contribution >= 0.6 is 11.6 Å². The van der Waals surface area contributed by atoms with Crippen molar-refractivity contribution < 1.29 is 47.7 Å². The average molecular weight is 785 g/mol. The SMILES string of the molecule is COc1ccc(COCC2O[C@@H](c3ccc(Cl)c(CO)c3)[C@@H](OCc3ccc(OC)cc3)[C@@H](OCc3ccc(OC)cc3)[C@@H]2OCc2ccc(OC)cc2)cc1. The summed E-state index contributed by atoms with van der Waals surface area (Å²) >= 11 is 6.49. The molecule has 11 heteroatoms. The van der Waals surface area contributed by atoms with Crippen molar-refractivity contribution in [3.05, 3.63) is 154 Å². The predicted molar refractivity (Wildman–Crippen MR) is 212 cm³/mol. The van der Waals surface area contributed by atoms with Crippen LogP contribution in [0.2, 0.25) is 5.02 Å². The zero-order valence-electron chi connectivity index (χ0n) is 32.1. The summed E-state index contributed by atoms with van der Waals surface area (Å²) in [6.07, 6.45) is -3.25. The molecule has 1 saturated heterocycles. The van der Waals surface area contributed by atoms with Crippen LogP contribution in [0.3, 0.4) is 0 Å². The van der Waals surface area contributed by atoms with E-state index in [4.69, 9.17) is 54.2 Å². The van der Waals surface area contributed by atoms with Gasteiger partial charge < -0.3 is 47.7 Å². The minimum absolute atomic E-state index is 0.184. The lowest BCUT2D eigenvalue weighted by Crippen LogP contribution is -2.58. The van der Waals surface area contributed by atoms with E-state index < -0.39 is 30.5 Å². The lowest BCUT2D eigenvalue weighted by Gasteiger charge is -2.46. The van der Waals surface area contributed by atoms with Crippen molar-refractivity contribution in [3.8, 4) is 23.0 Å². The Bertz CT molecular complexity index is 1920. The highest BCUT2D eigenvalue weighted by Crippen LogP contribution is 2.40. The van der Waals surface area contributed by atoms with Gasteiger partial charge in [0.2, 0.25) is 0 Å². The first-order chi connectivity index (χ1) is 27.4. The summed E-state index contributed by atoms with van der Waals surface area (Å²) in [5, 5.41) is 10.7. The summed E-state index contributed by atoms with van der Waals surface area (Å²) in [7, 11) is 6.55. The lowest BCUT2D eigenvalue weighted by atomic mass is 9.89. The lowest BCUT2D eigenvalue weighted by molar-refractivity contribution is -0.275. The fourth-order valence-corrected chi connectivity index (χ4v) is 6.72. The van der Waals surface area contributed by atoms with E-state index in [9.17, 15) is 5.11 Å². The molecule has 0 spiro atoms. The van der Waals surface area contributed by atoms with Gasteiger partial charge in [-0.25, -0.2) is 0 Å². The minimum Gasteiger partial charge on any atom is -0.497 e. The van der Waals surface area contributed by atoms with Crippen LogP contribution in [0.15, 0.2) is 115 Å². The molecule has 6 rings (SSSR count). The summed E-state index contributed by atoms with van der Waals surface area (Å²) in [5.74, 6) is 3.01. The molecule has 0 radical (unpaired) electrons. The Balaban J connectivity index is 1.37. The number of hydrogen-bond acceptors (Lipinski definition) is 10. The smallest absolute Gasteiger partial charge is 0.118 e. The largest absolute Gasteiger partial charge is 0.497 e. The van der Waals surface area contributed by atoms with E-state index in [1.165, 1.54) is 0 Å². The average Bonchev–Trinajstić information content (AvgIpc) is 3.25. The van der Waals surface area contributed by atoms with Crippen molar-refractivity contribution in [3.63, 3.8) is 0 Å². The zero-order valence-corrected chi connectivity index (χ0v) is 32.9. The Labute approximate surface area is 333 Å². The van der Waals surface area contributed by atoms with E-state index in [0.29, 0.717) is 17.2 Å². The quantitative estimate of drug-likeness (QED) is 0.0881. The van der Waals surface area contributed by atoms with E-state index in [1.54, 1.807) is 34.5 Å². The summed E-state index contributed by atoms with van der Waals surface area (Å²) in [6, 6.07) is 36.5. The number of ether oxygens (including phenoxy) is 9. The highest BCUT2D eigenvalue weighted by atomic mass is 35.5. The molecule has 56 heavy (non-hydrogen) atoms. The molecule has 0 bridgehead atoms. The Morgan fingerprint density at radius 1 is 0.518 bits per heavy atom. The van der Waals surface area contributed by atoms with Crippen LogP contribution in [0, 0.1) is 0 Å². The number of halogens is 1. The van der Waals surface area contributed by atoms with E-state index in [1.807, 2.05) is 109 Å². The fraction of sp³-hybridized carbons (Fsp3) is 0.333. The molecule has 1 unspecified atom stereocenters. The summed E-state index contributed by atoms with van der Waals surface area (Å²) < 4.78 is 55.5. The van der Waals surface area contributed by atoms with Crippen molar-refractivity contribution >= 4 is 11.6 Å². The van der Waals surface area contributed by atoms with Crippen molar-refractivity contribution in [2.45, 2.75) is 63.6 Å². The zero-order chi connectivity index (χ0) is 39.3. The second kappa shape index (κ2) is 20.5. The fourth-order valence-electron chi connectivity index (χ4n) is 6.54. The molecule has 1 heterocycles. The van der Waals surface area contributed by atoms with E-state index >= 15 is 0 Å². The van der Waals surface area contributed by atoms with Gasteiger partial charge in [-0.2, -0.15) is 0 Å². The first kappa shape index (κ1) is 41.0. The molecule has 5 atom stereocenters. The van der Waals surface area contributed by atoms with Crippen LogP contribution in [0.5, 0.6) is 23.0 Å². The molecule has 1 fully saturated rings. The highest BCUT2D eigenvalue weighted by Gasteiger charge is 2.49. The van der Waals surface area contributed by atoms with Crippen LogP contribution in [0.4, 0.5) is 0 Å². The monoisotopic (exact) mass is 784 g/mol.